The Balaban J connectivity index is 1.61. The highest BCUT2D eigenvalue weighted by Gasteiger charge is 2.44. The first kappa shape index (κ1) is 12.2. The van der Waals surface area contributed by atoms with Gasteiger partial charge in [-0.1, -0.05) is 6.07 Å². The summed E-state index contributed by atoms with van der Waals surface area (Å²) in [6.45, 7) is 7.13. The molecule has 3 aliphatic heterocycles. The number of rotatable bonds is 1. The first-order valence-electron chi connectivity index (χ1n) is 7.38. The van der Waals surface area contributed by atoms with Crippen LogP contribution in [-0.2, 0) is 4.74 Å². The van der Waals surface area contributed by atoms with Gasteiger partial charge in [-0.3, -0.25) is 4.99 Å². The summed E-state index contributed by atoms with van der Waals surface area (Å²) >= 11 is 0. The van der Waals surface area contributed by atoms with Crippen molar-refractivity contribution in [3.8, 4) is 0 Å². The molecule has 0 aromatic heterocycles. The zero-order valence-electron chi connectivity index (χ0n) is 12.0. The second-order valence-corrected chi connectivity index (χ2v) is 6.25. The van der Waals surface area contributed by atoms with Crippen LogP contribution in [0.3, 0.4) is 0 Å². The lowest BCUT2D eigenvalue weighted by Gasteiger charge is -2.30. The molecule has 104 valence electrons. The molecule has 2 saturated heterocycles. The van der Waals surface area contributed by atoms with Gasteiger partial charge in [0.1, 0.15) is 0 Å². The maximum atomic E-state index is 6.04. The lowest BCUT2D eigenvalue weighted by Crippen LogP contribution is -2.38. The van der Waals surface area contributed by atoms with Gasteiger partial charge in [0.15, 0.2) is 0 Å². The van der Waals surface area contributed by atoms with Crippen molar-refractivity contribution in [1.29, 1.82) is 0 Å². The molecule has 0 amide bonds. The van der Waals surface area contributed by atoms with E-state index in [2.05, 4.69) is 48.0 Å². The van der Waals surface area contributed by atoms with E-state index in [9.17, 15) is 0 Å². The van der Waals surface area contributed by atoms with E-state index < -0.39 is 0 Å². The topological polar surface area (TPSA) is 24.8 Å². The number of fused-ring (bicyclic) bond motifs is 3. The van der Waals surface area contributed by atoms with Gasteiger partial charge in [0, 0.05) is 30.9 Å². The molecule has 0 spiro atoms. The second-order valence-electron chi connectivity index (χ2n) is 6.25. The van der Waals surface area contributed by atoms with Gasteiger partial charge in [-0.05, 0) is 48.8 Å². The van der Waals surface area contributed by atoms with Gasteiger partial charge in [-0.2, -0.15) is 0 Å². The number of benzene rings is 1. The van der Waals surface area contributed by atoms with Gasteiger partial charge >= 0.3 is 0 Å². The van der Waals surface area contributed by atoms with E-state index in [0.717, 1.165) is 19.7 Å². The van der Waals surface area contributed by atoms with E-state index in [4.69, 9.17) is 4.74 Å². The molecule has 0 bridgehead atoms. The SMILES string of the molecule is Cc1cc(C)cc(N2CC3OCC4=CC=NC4[C@@H]3C2)c1. The predicted octanol–water partition coefficient (Wildman–Crippen LogP) is 2.52. The molecule has 3 heteroatoms. The first-order chi connectivity index (χ1) is 9.70. The van der Waals surface area contributed by atoms with E-state index in [1.807, 2.05) is 6.21 Å². The minimum Gasteiger partial charge on any atom is -0.371 e. The Morgan fingerprint density at radius 2 is 1.95 bits per heavy atom. The lowest BCUT2D eigenvalue weighted by atomic mass is 9.89. The summed E-state index contributed by atoms with van der Waals surface area (Å²) in [5.74, 6) is 0.509. The standard InChI is InChI=1S/C17H20N2O/c1-11-5-12(2)7-14(6-11)19-8-15-16(9-19)20-10-13-3-4-18-17(13)15/h3-7,15-17H,8-10H2,1-2H3/t15-,16?,17?/m1/s1. The van der Waals surface area contributed by atoms with E-state index in [1.165, 1.54) is 22.4 Å². The number of aliphatic imine (C=N–C) groups is 1. The lowest BCUT2D eigenvalue weighted by molar-refractivity contribution is 0.0220. The Morgan fingerprint density at radius 3 is 2.75 bits per heavy atom. The number of aryl methyl sites for hydroxylation is 2. The van der Waals surface area contributed by atoms with Crippen molar-refractivity contribution in [2.24, 2.45) is 10.9 Å². The summed E-state index contributed by atoms with van der Waals surface area (Å²) in [7, 11) is 0. The highest BCUT2D eigenvalue weighted by atomic mass is 16.5. The molecule has 3 aliphatic rings. The van der Waals surface area contributed by atoms with Crippen molar-refractivity contribution >= 4 is 11.9 Å². The molecule has 1 aromatic rings. The fourth-order valence-corrected chi connectivity index (χ4v) is 3.77. The van der Waals surface area contributed by atoms with Gasteiger partial charge in [-0.15, -0.1) is 0 Å². The molecule has 3 atom stereocenters. The van der Waals surface area contributed by atoms with Crippen LogP contribution in [0.5, 0.6) is 0 Å². The predicted molar refractivity (Wildman–Crippen MR) is 81.7 cm³/mol. The molecule has 0 aliphatic carbocycles. The monoisotopic (exact) mass is 268 g/mol. The first-order valence-corrected chi connectivity index (χ1v) is 7.38. The van der Waals surface area contributed by atoms with Crippen molar-refractivity contribution in [3.63, 3.8) is 0 Å². The average molecular weight is 268 g/mol. The summed E-state index contributed by atoms with van der Waals surface area (Å²) in [5.41, 5.74) is 5.34. The van der Waals surface area contributed by atoms with Crippen LogP contribution < -0.4 is 4.90 Å². The maximum absolute atomic E-state index is 6.04. The summed E-state index contributed by atoms with van der Waals surface area (Å²) in [6.07, 6.45) is 4.40. The van der Waals surface area contributed by atoms with E-state index in [0.29, 0.717) is 18.1 Å². The smallest absolute Gasteiger partial charge is 0.0823 e. The van der Waals surface area contributed by atoms with Crippen molar-refractivity contribution in [1.82, 2.24) is 0 Å². The molecule has 2 unspecified atom stereocenters. The highest BCUT2D eigenvalue weighted by Crippen LogP contribution is 2.37. The van der Waals surface area contributed by atoms with E-state index >= 15 is 0 Å². The van der Waals surface area contributed by atoms with Crippen molar-refractivity contribution in [3.05, 3.63) is 41.0 Å². The Labute approximate surface area is 120 Å². The number of allylic oxidation sites excluding steroid dienone is 1. The Bertz CT molecular complexity index is 585. The highest BCUT2D eigenvalue weighted by molar-refractivity contribution is 5.76. The molecule has 3 heterocycles. The summed E-state index contributed by atoms with van der Waals surface area (Å²) in [4.78, 5) is 7.10. The van der Waals surface area contributed by atoms with Crippen molar-refractivity contribution in [2.45, 2.75) is 26.0 Å². The third-order valence-corrected chi connectivity index (χ3v) is 4.67. The van der Waals surface area contributed by atoms with Crippen LogP contribution in [-0.4, -0.2) is 38.1 Å². The van der Waals surface area contributed by atoms with E-state index in [-0.39, 0.29) is 0 Å². The Hall–Kier alpha value is -1.61. The maximum Gasteiger partial charge on any atom is 0.0823 e. The molecule has 20 heavy (non-hydrogen) atoms. The molecule has 2 fully saturated rings. The van der Waals surface area contributed by atoms with Crippen LogP contribution in [0.1, 0.15) is 11.1 Å². The van der Waals surface area contributed by atoms with Crippen LogP contribution in [0.15, 0.2) is 34.8 Å². The summed E-state index contributed by atoms with van der Waals surface area (Å²) < 4.78 is 6.04. The van der Waals surface area contributed by atoms with Crippen molar-refractivity contribution in [2.75, 3.05) is 24.6 Å². The summed E-state index contributed by atoms with van der Waals surface area (Å²) in [6, 6.07) is 7.15. The van der Waals surface area contributed by atoms with Crippen LogP contribution >= 0.6 is 0 Å². The molecule has 1 aromatic carbocycles. The zero-order valence-corrected chi connectivity index (χ0v) is 12.0. The fourth-order valence-electron chi connectivity index (χ4n) is 3.77. The number of hydrogen-bond donors (Lipinski definition) is 0. The van der Waals surface area contributed by atoms with Crippen LogP contribution in [0.2, 0.25) is 0 Å². The molecule has 0 N–H and O–H groups in total. The number of nitrogens with zero attached hydrogens (tertiary/aromatic N) is 2. The molecule has 0 saturated carbocycles. The number of ether oxygens (including phenoxy) is 1. The Kier molecular flexibility index (Phi) is 2.71. The largest absolute Gasteiger partial charge is 0.371 e. The molecule has 4 rings (SSSR count). The number of anilines is 1. The van der Waals surface area contributed by atoms with Crippen LogP contribution in [0, 0.1) is 19.8 Å². The second kappa shape index (κ2) is 4.45. The molecular formula is C17H20N2O. The summed E-state index contributed by atoms with van der Waals surface area (Å²) in [5, 5.41) is 0. The van der Waals surface area contributed by atoms with E-state index in [1.54, 1.807) is 0 Å². The number of hydrogen-bond acceptors (Lipinski definition) is 3. The minimum absolute atomic E-state index is 0.327. The normalized spacial score (nSPS) is 31.2. The third kappa shape index (κ3) is 1.88. The third-order valence-electron chi connectivity index (χ3n) is 4.67. The van der Waals surface area contributed by atoms with Gasteiger partial charge in [0.25, 0.3) is 0 Å². The fraction of sp³-hybridized carbons (Fsp3) is 0.471. The minimum atomic E-state index is 0.327. The molecule has 3 nitrogen and oxygen atoms in total. The van der Waals surface area contributed by atoms with Crippen molar-refractivity contribution < 1.29 is 4.74 Å². The van der Waals surface area contributed by atoms with Crippen LogP contribution in [0.25, 0.3) is 0 Å². The van der Waals surface area contributed by atoms with Crippen LogP contribution in [0.4, 0.5) is 5.69 Å². The van der Waals surface area contributed by atoms with Gasteiger partial charge in [-0.25, -0.2) is 0 Å². The van der Waals surface area contributed by atoms with Gasteiger partial charge in [0.2, 0.25) is 0 Å². The molecule has 0 radical (unpaired) electrons. The Morgan fingerprint density at radius 1 is 1.15 bits per heavy atom. The van der Waals surface area contributed by atoms with Gasteiger partial charge < -0.3 is 9.64 Å². The molecular weight excluding hydrogens is 248 g/mol. The van der Waals surface area contributed by atoms with Gasteiger partial charge in [0.05, 0.1) is 18.8 Å². The quantitative estimate of drug-likeness (QED) is 0.782. The average Bonchev–Trinajstić information content (AvgIpc) is 3.03. The zero-order chi connectivity index (χ0) is 13.7.